The summed E-state index contributed by atoms with van der Waals surface area (Å²) in [5, 5.41) is 1.49. The van der Waals surface area contributed by atoms with Gasteiger partial charge in [-0.15, -0.1) is 0 Å². The predicted octanol–water partition coefficient (Wildman–Crippen LogP) is 6.00. The van der Waals surface area contributed by atoms with Crippen molar-refractivity contribution >= 4 is 10.9 Å². The third-order valence-electron chi connectivity index (χ3n) is 4.37. The summed E-state index contributed by atoms with van der Waals surface area (Å²) in [6.45, 7) is 6.82. The van der Waals surface area contributed by atoms with E-state index in [1.54, 1.807) is 5.56 Å². The van der Waals surface area contributed by atoms with Crippen molar-refractivity contribution in [3.8, 4) is 0 Å². The van der Waals surface area contributed by atoms with Gasteiger partial charge in [-0.05, 0) is 61.8 Å². The van der Waals surface area contributed by atoms with Gasteiger partial charge in [-0.25, -0.2) is 0 Å². The molecular weight excluding hydrogens is 254 g/mol. The number of aryl methyl sites for hydroxylation is 3. The fraction of sp³-hybridized carbons (Fsp3) is 0.600. The van der Waals surface area contributed by atoms with E-state index in [1.165, 1.54) is 73.5 Å². The standard InChI is InChI=1S/C20H30N/c1-4-7-11-16-12-10-15-19-20(16)17(13-8-5-2)18(21-19)14-9-6-3/h10,15,21H,4-9,11,13-14H2,1-3H3. The first-order valence-corrected chi connectivity index (χ1v) is 8.84. The summed E-state index contributed by atoms with van der Waals surface area (Å²) in [5.41, 5.74) is 5.83. The third-order valence-corrected chi connectivity index (χ3v) is 4.37. The van der Waals surface area contributed by atoms with Crippen LogP contribution in [0.5, 0.6) is 0 Å². The van der Waals surface area contributed by atoms with Gasteiger partial charge in [0.05, 0.1) is 0 Å². The van der Waals surface area contributed by atoms with Crippen molar-refractivity contribution in [1.29, 1.82) is 0 Å². The monoisotopic (exact) mass is 284 g/mol. The largest absolute Gasteiger partial charge is 0.358 e. The lowest BCUT2D eigenvalue weighted by molar-refractivity contribution is 0.751. The molecule has 0 atom stereocenters. The summed E-state index contributed by atoms with van der Waals surface area (Å²) in [6, 6.07) is 7.81. The van der Waals surface area contributed by atoms with Crippen LogP contribution in [0.15, 0.2) is 12.1 Å². The summed E-state index contributed by atoms with van der Waals surface area (Å²) in [5.74, 6) is 0. The van der Waals surface area contributed by atoms with Crippen LogP contribution in [0.2, 0.25) is 0 Å². The summed E-state index contributed by atoms with van der Waals surface area (Å²) in [4.78, 5) is 3.70. The molecule has 0 fully saturated rings. The number of nitrogens with one attached hydrogen (secondary N) is 1. The van der Waals surface area contributed by atoms with Gasteiger partial charge in [-0.2, -0.15) is 0 Å². The maximum Gasteiger partial charge on any atom is 0.0462 e. The van der Waals surface area contributed by atoms with Crippen molar-refractivity contribution in [2.75, 3.05) is 0 Å². The van der Waals surface area contributed by atoms with E-state index in [-0.39, 0.29) is 0 Å². The molecule has 1 nitrogen and oxygen atoms in total. The molecule has 1 heteroatoms. The number of hydrogen-bond acceptors (Lipinski definition) is 0. The van der Waals surface area contributed by atoms with E-state index in [4.69, 9.17) is 0 Å². The topological polar surface area (TPSA) is 15.8 Å². The van der Waals surface area contributed by atoms with Crippen LogP contribution in [0.25, 0.3) is 10.9 Å². The number of aromatic nitrogens is 1. The molecule has 1 heterocycles. The average molecular weight is 284 g/mol. The first-order chi connectivity index (χ1) is 10.3. The number of rotatable bonds is 9. The Kier molecular flexibility index (Phi) is 6.35. The van der Waals surface area contributed by atoms with E-state index in [1.807, 2.05) is 0 Å². The maximum absolute atomic E-state index is 3.70. The van der Waals surface area contributed by atoms with E-state index in [9.17, 15) is 0 Å². The maximum atomic E-state index is 3.70. The Morgan fingerprint density at radius 2 is 1.57 bits per heavy atom. The van der Waals surface area contributed by atoms with Gasteiger partial charge in [-0.3, -0.25) is 0 Å². The van der Waals surface area contributed by atoms with Gasteiger partial charge in [0.15, 0.2) is 0 Å². The molecule has 2 rings (SSSR count). The molecule has 0 unspecified atom stereocenters. The zero-order valence-corrected chi connectivity index (χ0v) is 14.0. The van der Waals surface area contributed by atoms with Gasteiger partial charge in [-0.1, -0.05) is 46.1 Å². The summed E-state index contributed by atoms with van der Waals surface area (Å²) in [6.07, 6.45) is 11.2. The van der Waals surface area contributed by atoms with Crippen LogP contribution in [-0.2, 0) is 19.3 Å². The summed E-state index contributed by atoms with van der Waals surface area (Å²) >= 11 is 0. The van der Waals surface area contributed by atoms with E-state index < -0.39 is 0 Å². The predicted molar refractivity (Wildman–Crippen MR) is 93.0 cm³/mol. The van der Waals surface area contributed by atoms with Gasteiger partial charge in [0.25, 0.3) is 0 Å². The molecule has 0 bridgehead atoms. The van der Waals surface area contributed by atoms with Gasteiger partial charge in [0, 0.05) is 16.6 Å². The zero-order chi connectivity index (χ0) is 15.1. The molecule has 2 aromatic rings. The Balaban J connectivity index is 2.42. The quantitative estimate of drug-likeness (QED) is 0.581. The van der Waals surface area contributed by atoms with E-state index >= 15 is 0 Å². The van der Waals surface area contributed by atoms with Gasteiger partial charge >= 0.3 is 0 Å². The van der Waals surface area contributed by atoms with Crippen molar-refractivity contribution in [2.45, 2.75) is 78.6 Å². The fourth-order valence-corrected chi connectivity index (χ4v) is 3.13. The molecule has 1 N–H and O–H groups in total. The van der Waals surface area contributed by atoms with E-state index in [0.717, 1.165) is 6.42 Å². The van der Waals surface area contributed by atoms with Gasteiger partial charge in [0.1, 0.15) is 0 Å². The second-order valence-electron chi connectivity index (χ2n) is 6.14. The van der Waals surface area contributed by atoms with Crippen LogP contribution in [0, 0.1) is 6.07 Å². The van der Waals surface area contributed by atoms with Gasteiger partial charge < -0.3 is 4.98 Å². The molecule has 1 aromatic carbocycles. The number of H-pyrrole nitrogens is 1. The molecule has 1 radical (unpaired) electrons. The van der Waals surface area contributed by atoms with Crippen LogP contribution >= 0.6 is 0 Å². The number of unbranched alkanes of at least 4 members (excludes halogenated alkanes) is 3. The molecule has 0 saturated carbocycles. The lowest BCUT2D eigenvalue weighted by atomic mass is 9.96. The van der Waals surface area contributed by atoms with E-state index in [0.29, 0.717) is 0 Å². The Bertz CT molecular complexity index is 550. The summed E-state index contributed by atoms with van der Waals surface area (Å²) in [7, 11) is 0. The van der Waals surface area contributed by atoms with Crippen LogP contribution in [0.1, 0.15) is 76.1 Å². The molecule has 21 heavy (non-hydrogen) atoms. The lowest BCUT2D eigenvalue weighted by Gasteiger charge is -2.07. The van der Waals surface area contributed by atoms with Crippen LogP contribution in [0.3, 0.4) is 0 Å². The summed E-state index contributed by atoms with van der Waals surface area (Å²) < 4.78 is 0. The molecule has 0 amide bonds. The average Bonchev–Trinajstić information content (AvgIpc) is 2.87. The fourth-order valence-electron chi connectivity index (χ4n) is 3.13. The number of fused-ring (bicyclic) bond motifs is 1. The van der Waals surface area contributed by atoms with Crippen molar-refractivity contribution in [3.05, 3.63) is 35.0 Å². The number of hydrogen-bond donors (Lipinski definition) is 1. The Hall–Kier alpha value is -1.24. The molecule has 115 valence electrons. The van der Waals surface area contributed by atoms with Crippen molar-refractivity contribution in [1.82, 2.24) is 4.98 Å². The smallest absolute Gasteiger partial charge is 0.0462 e. The zero-order valence-electron chi connectivity index (χ0n) is 14.0. The minimum atomic E-state index is 1.16. The SMILES string of the molecule is CCCCc1[nH]c2cc[c]c(CCCC)c2c1CCCC. The molecular formula is C20H30N. The second-order valence-corrected chi connectivity index (χ2v) is 6.14. The molecule has 0 saturated heterocycles. The molecule has 0 aliphatic heterocycles. The van der Waals surface area contributed by atoms with E-state index in [2.05, 4.69) is 44.0 Å². The normalized spacial score (nSPS) is 11.4. The van der Waals surface area contributed by atoms with Crippen molar-refractivity contribution in [2.24, 2.45) is 0 Å². The number of aromatic amines is 1. The minimum Gasteiger partial charge on any atom is -0.358 e. The minimum absolute atomic E-state index is 1.16. The molecule has 0 aliphatic rings. The Morgan fingerprint density at radius 3 is 2.29 bits per heavy atom. The Morgan fingerprint density at radius 1 is 0.905 bits per heavy atom. The first kappa shape index (κ1) is 16.1. The third kappa shape index (κ3) is 3.90. The molecule has 1 aromatic heterocycles. The highest BCUT2D eigenvalue weighted by Crippen LogP contribution is 2.29. The molecule has 0 spiro atoms. The van der Waals surface area contributed by atoms with Crippen molar-refractivity contribution < 1.29 is 0 Å². The van der Waals surface area contributed by atoms with Gasteiger partial charge in [0.2, 0.25) is 0 Å². The first-order valence-electron chi connectivity index (χ1n) is 8.84. The van der Waals surface area contributed by atoms with Crippen LogP contribution in [-0.4, -0.2) is 4.98 Å². The highest BCUT2D eigenvalue weighted by atomic mass is 14.7. The Labute approximate surface area is 130 Å². The second kappa shape index (κ2) is 8.26. The highest BCUT2D eigenvalue weighted by Gasteiger charge is 2.13. The lowest BCUT2D eigenvalue weighted by Crippen LogP contribution is -1.94. The van der Waals surface area contributed by atoms with Crippen molar-refractivity contribution in [3.63, 3.8) is 0 Å². The van der Waals surface area contributed by atoms with Crippen LogP contribution in [0.4, 0.5) is 0 Å². The van der Waals surface area contributed by atoms with Crippen LogP contribution < -0.4 is 0 Å². The highest BCUT2D eigenvalue weighted by molar-refractivity contribution is 5.88. The molecule has 0 aliphatic carbocycles. The number of benzene rings is 1.